The molecule has 0 aliphatic carbocycles. The number of urea groups is 1. The van der Waals surface area contributed by atoms with Crippen molar-refractivity contribution in [2.24, 2.45) is 0 Å². The van der Waals surface area contributed by atoms with Gasteiger partial charge in [0.05, 0.1) is 6.61 Å². The third-order valence-corrected chi connectivity index (χ3v) is 3.62. The number of hydrogen-bond acceptors (Lipinski definition) is 3. The molecule has 124 valence electrons. The zero-order valence-electron chi connectivity index (χ0n) is 13.6. The fraction of sp³-hybridized carbons (Fsp3) is 0.412. The van der Waals surface area contributed by atoms with E-state index >= 15 is 0 Å². The number of amides is 3. The van der Waals surface area contributed by atoms with Gasteiger partial charge in [0.2, 0.25) is 0 Å². The number of aryl methyl sites for hydroxylation is 1. The molecule has 0 spiro atoms. The third-order valence-electron chi connectivity index (χ3n) is 3.62. The summed E-state index contributed by atoms with van der Waals surface area (Å²) in [6, 6.07) is 7.87. The zero-order valence-corrected chi connectivity index (χ0v) is 13.6. The van der Waals surface area contributed by atoms with Crippen LogP contribution in [0.3, 0.4) is 0 Å². The molecule has 1 aliphatic heterocycles. The highest BCUT2D eigenvalue weighted by atomic mass is 16.6. The monoisotopic (exact) mass is 317 g/mol. The van der Waals surface area contributed by atoms with E-state index < -0.39 is 0 Å². The molecule has 0 radical (unpaired) electrons. The van der Waals surface area contributed by atoms with Crippen LogP contribution in [0.5, 0.6) is 0 Å². The van der Waals surface area contributed by atoms with E-state index in [1.807, 2.05) is 37.3 Å². The van der Waals surface area contributed by atoms with Gasteiger partial charge in [-0.05, 0) is 25.5 Å². The molecule has 23 heavy (non-hydrogen) atoms. The van der Waals surface area contributed by atoms with Crippen LogP contribution in [-0.4, -0.2) is 54.7 Å². The van der Waals surface area contributed by atoms with E-state index in [9.17, 15) is 9.59 Å². The molecule has 0 unspecified atom stereocenters. The number of rotatable bonds is 3. The van der Waals surface area contributed by atoms with E-state index in [2.05, 4.69) is 5.32 Å². The minimum atomic E-state index is -0.313. The maximum atomic E-state index is 12.1. The predicted octanol–water partition coefficient (Wildman–Crippen LogP) is 2.45. The Labute approximate surface area is 136 Å². The summed E-state index contributed by atoms with van der Waals surface area (Å²) in [6.07, 6.45) is 3.20. The molecule has 2 rings (SSSR count). The average molecular weight is 317 g/mol. The molecule has 1 aromatic rings. The molecule has 0 bridgehead atoms. The molecule has 1 fully saturated rings. The maximum absolute atomic E-state index is 12.1. The van der Waals surface area contributed by atoms with Gasteiger partial charge in [0.1, 0.15) is 0 Å². The summed E-state index contributed by atoms with van der Waals surface area (Å²) in [5.74, 6) is 0. The largest absolute Gasteiger partial charge is 0.450 e. The van der Waals surface area contributed by atoms with Crippen molar-refractivity contribution >= 4 is 18.2 Å². The first-order chi connectivity index (χ1) is 11.1. The minimum Gasteiger partial charge on any atom is -0.450 e. The van der Waals surface area contributed by atoms with Gasteiger partial charge in [-0.3, -0.25) is 0 Å². The van der Waals surface area contributed by atoms with Crippen molar-refractivity contribution in [2.75, 3.05) is 32.8 Å². The van der Waals surface area contributed by atoms with E-state index in [0.29, 0.717) is 32.8 Å². The minimum absolute atomic E-state index is 0.155. The van der Waals surface area contributed by atoms with Crippen LogP contribution in [0.15, 0.2) is 30.5 Å². The number of nitrogens with one attached hydrogen (secondary N) is 1. The highest BCUT2D eigenvalue weighted by Crippen LogP contribution is 2.06. The third kappa shape index (κ3) is 5.02. The molecule has 1 heterocycles. The first kappa shape index (κ1) is 16.9. The van der Waals surface area contributed by atoms with Crippen LogP contribution in [0.4, 0.5) is 9.59 Å². The first-order valence-electron chi connectivity index (χ1n) is 7.80. The highest BCUT2D eigenvalue weighted by Gasteiger charge is 2.24. The second-order valence-electron chi connectivity index (χ2n) is 5.37. The standard InChI is InChI=1S/C17H23N3O3/c1-3-23-17(22)20-11-9-19(10-12-20)16(21)18-8-7-15-6-4-5-14(2)13-15/h4-8,13H,3,9-12H2,1-2H3,(H,18,21)/b8-7+. The number of carbonyl (C=O) groups excluding carboxylic acids is 2. The summed E-state index contributed by atoms with van der Waals surface area (Å²) in [6.45, 7) is 6.16. The lowest BCUT2D eigenvalue weighted by atomic mass is 10.1. The Morgan fingerprint density at radius 2 is 1.91 bits per heavy atom. The van der Waals surface area contributed by atoms with E-state index in [0.717, 1.165) is 5.56 Å². The van der Waals surface area contributed by atoms with Crippen molar-refractivity contribution in [3.05, 3.63) is 41.6 Å². The Hall–Kier alpha value is -2.50. The van der Waals surface area contributed by atoms with Crippen LogP contribution in [0.1, 0.15) is 18.1 Å². The van der Waals surface area contributed by atoms with Crippen molar-refractivity contribution in [1.29, 1.82) is 0 Å². The lowest BCUT2D eigenvalue weighted by Gasteiger charge is -2.33. The zero-order chi connectivity index (χ0) is 16.7. The van der Waals surface area contributed by atoms with Gasteiger partial charge in [-0.1, -0.05) is 29.8 Å². The molecular weight excluding hydrogens is 294 g/mol. The van der Waals surface area contributed by atoms with Gasteiger partial charge in [-0.2, -0.15) is 0 Å². The van der Waals surface area contributed by atoms with Crippen molar-refractivity contribution in [3.8, 4) is 0 Å². The smallest absolute Gasteiger partial charge is 0.409 e. The van der Waals surface area contributed by atoms with Crippen molar-refractivity contribution in [3.63, 3.8) is 0 Å². The fourth-order valence-electron chi connectivity index (χ4n) is 2.38. The average Bonchev–Trinajstić information content (AvgIpc) is 2.55. The van der Waals surface area contributed by atoms with Gasteiger partial charge in [0, 0.05) is 32.4 Å². The van der Waals surface area contributed by atoms with E-state index in [1.54, 1.807) is 22.9 Å². The molecule has 1 aliphatic rings. The summed E-state index contributed by atoms with van der Waals surface area (Å²) in [5.41, 5.74) is 2.21. The Morgan fingerprint density at radius 1 is 1.22 bits per heavy atom. The Balaban J connectivity index is 1.78. The summed E-state index contributed by atoms with van der Waals surface area (Å²) in [5, 5.41) is 2.76. The molecule has 1 N–H and O–H groups in total. The molecule has 0 atom stereocenters. The molecule has 6 heteroatoms. The van der Waals surface area contributed by atoms with Crippen LogP contribution in [0.25, 0.3) is 6.08 Å². The number of nitrogens with zero attached hydrogens (tertiary/aromatic N) is 2. The summed E-state index contributed by atoms with van der Waals surface area (Å²) in [7, 11) is 0. The quantitative estimate of drug-likeness (QED) is 0.931. The van der Waals surface area contributed by atoms with Crippen LogP contribution < -0.4 is 5.32 Å². The first-order valence-corrected chi connectivity index (χ1v) is 7.80. The number of carbonyl (C=O) groups is 2. The number of ether oxygens (including phenoxy) is 1. The van der Waals surface area contributed by atoms with Crippen molar-refractivity contribution < 1.29 is 14.3 Å². The van der Waals surface area contributed by atoms with Gasteiger partial charge in [0.25, 0.3) is 0 Å². The molecule has 0 saturated carbocycles. The Morgan fingerprint density at radius 3 is 2.57 bits per heavy atom. The van der Waals surface area contributed by atoms with Gasteiger partial charge < -0.3 is 19.9 Å². The Kier molecular flexibility index (Phi) is 6.02. The van der Waals surface area contributed by atoms with Gasteiger partial charge >= 0.3 is 12.1 Å². The highest BCUT2D eigenvalue weighted by molar-refractivity contribution is 5.76. The van der Waals surface area contributed by atoms with Gasteiger partial charge in [-0.15, -0.1) is 0 Å². The van der Waals surface area contributed by atoms with Gasteiger partial charge in [0.15, 0.2) is 0 Å². The number of hydrogen-bond donors (Lipinski definition) is 1. The SMILES string of the molecule is CCOC(=O)N1CCN(C(=O)N/C=C/c2cccc(C)c2)CC1. The van der Waals surface area contributed by atoms with Gasteiger partial charge in [-0.25, -0.2) is 9.59 Å². The summed E-state index contributed by atoms with van der Waals surface area (Å²) >= 11 is 0. The maximum Gasteiger partial charge on any atom is 0.409 e. The topological polar surface area (TPSA) is 61.9 Å². The molecule has 0 aromatic heterocycles. The summed E-state index contributed by atoms with van der Waals surface area (Å²) in [4.78, 5) is 27.0. The van der Waals surface area contributed by atoms with Crippen LogP contribution in [0, 0.1) is 6.92 Å². The molecular formula is C17H23N3O3. The van der Waals surface area contributed by atoms with E-state index in [-0.39, 0.29) is 12.1 Å². The lowest BCUT2D eigenvalue weighted by molar-refractivity contribution is 0.0856. The molecule has 6 nitrogen and oxygen atoms in total. The molecule has 3 amide bonds. The van der Waals surface area contributed by atoms with Crippen LogP contribution in [-0.2, 0) is 4.74 Å². The normalized spacial score (nSPS) is 14.9. The van der Waals surface area contributed by atoms with Crippen molar-refractivity contribution in [2.45, 2.75) is 13.8 Å². The van der Waals surface area contributed by atoms with E-state index in [1.165, 1.54) is 5.56 Å². The predicted molar refractivity (Wildman–Crippen MR) is 88.9 cm³/mol. The fourth-order valence-corrected chi connectivity index (χ4v) is 2.38. The van der Waals surface area contributed by atoms with E-state index in [4.69, 9.17) is 4.74 Å². The van der Waals surface area contributed by atoms with Crippen LogP contribution >= 0.6 is 0 Å². The summed E-state index contributed by atoms with van der Waals surface area (Å²) < 4.78 is 4.96. The van der Waals surface area contributed by atoms with Crippen molar-refractivity contribution in [1.82, 2.24) is 15.1 Å². The molecule has 1 saturated heterocycles. The Bertz CT molecular complexity index is 578. The van der Waals surface area contributed by atoms with Crippen LogP contribution in [0.2, 0.25) is 0 Å². The number of piperazine rings is 1. The molecule has 1 aromatic carbocycles. The second kappa shape index (κ2) is 8.22. The second-order valence-corrected chi connectivity index (χ2v) is 5.37. The number of benzene rings is 1. The lowest BCUT2D eigenvalue weighted by Crippen LogP contribution is -2.52.